The van der Waals surface area contributed by atoms with E-state index in [1.54, 1.807) is 12.3 Å². The third kappa shape index (κ3) is 2.87. The Morgan fingerprint density at radius 1 is 1.00 bits per heavy atom. The van der Waals surface area contributed by atoms with Gasteiger partial charge in [0, 0.05) is 45.4 Å². The van der Waals surface area contributed by atoms with E-state index in [2.05, 4.69) is 16.4 Å². The summed E-state index contributed by atoms with van der Waals surface area (Å²) in [7, 11) is 0. The highest BCUT2D eigenvalue weighted by Gasteiger charge is 2.02. The minimum absolute atomic E-state index is 0.649. The Kier molecular flexibility index (Phi) is 3.77. The third-order valence-corrected chi connectivity index (χ3v) is 3.52. The lowest BCUT2D eigenvalue weighted by molar-refractivity contribution is 1.15. The summed E-state index contributed by atoms with van der Waals surface area (Å²) in [4.78, 5) is 4.13. The molecule has 2 nitrogen and oxygen atoms in total. The molecule has 0 unspecified atom stereocenters. The van der Waals surface area contributed by atoms with Crippen molar-refractivity contribution in [2.45, 2.75) is 6.54 Å². The minimum Gasteiger partial charge on any atom is -0.380 e. The van der Waals surface area contributed by atoms with Gasteiger partial charge in [-0.05, 0) is 35.9 Å². The Labute approximate surface area is 127 Å². The van der Waals surface area contributed by atoms with E-state index in [1.165, 1.54) is 0 Å². The predicted molar refractivity (Wildman–Crippen MR) is 85.5 cm³/mol. The number of anilines is 1. The maximum Gasteiger partial charge on any atom is 0.0424 e. The van der Waals surface area contributed by atoms with Crippen LogP contribution in [0.2, 0.25) is 10.0 Å². The molecule has 1 N–H and O–H groups in total. The summed E-state index contributed by atoms with van der Waals surface area (Å²) < 4.78 is 0. The number of fused-ring (bicyclic) bond motifs is 1. The van der Waals surface area contributed by atoms with E-state index in [0.29, 0.717) is 16.6 Å². The molecular weight excluding hydrogens is 291 g/mol. The highest BCUT2D eigenvalue weighted by molar-refractivity contribution is 6.34. The van der Waals surface area contributed by atoms with E-state index in [9.17, 15) is 0 Å². The van der Waals surface area contributed by atoms with Crippen molar-refractivity contribution in [2.24, 2.45) is 0 Å². The van der Waals surface area contributed by atoms with E-state index >= 15 is 0 Å². The van der Waals surface area contributed by atoms with Crippen molar-refractivity contribution in [2.75, 3.05) is 5.32 Å². The number of halogens is 2. The second-order valence-electron chi connectivity index (χ2n) is 4.53. The Morgan fingerprint density at radius 2 is 1.80 bits per heavy atom. The summed E-state index contributed by atoms with van der Waals surface area (Å²) in [6.45, 7) is 0.668. The molecule has 0 aliphatic heterocycles. The van der Waals surface area contributed by atoms with Crippen molar-refractivity contribution < 1.29 is 0 Å². The van der Waals surface area contributed by atoms with Crippen molar-refractivity contribution >= 4 is 39.7 Å². The maximum absolute atomic E-state index is 6.01. The molecule has 0 radical (unpaired) electrons. The summed E-state index contributed by atoms with van der Waals surface area (Å²) in [5.74, 6) is 0. The van der Waals surface area contributed by atoms with Crippen LogP contribution in [0.5, 0.6) is 0 Å². The molecule has 0 spiro atoms. The lowest BCUT2D eigenvalue weighted by Gasteiger charge is -2.10. The first-order valence-corrected chi connectivity index (χ1v) is 6.99. The molecule has 4 heteroatoms. The first-order valence-electron chi connectivity index (χ1n) is 6.24. The highest BCUT2D eigenvalue weighted by atomic mass is 35.5. The molecular formula is C16H12Cl2N2. The smallest absolute Gasteiger partial charge is 0.0424 e. The molecule has 3 aromatic rings. The number of aromatic nitrogens is 1. The topological polar surface area (TPSA) is 24.9 Å². The molecule has 0 fully saturated rings. The first-order chi connectivity index (χ1) is 9.72. The molecule has 100 valence electrons. The normalized spacial score (nSPS) is 10.7. The molecule has 0 aliphatic rings. The Balaban J connectivity index is 1.87. The fourth-order valence-electron chi connectivity index (χ4n) is 2.19. The van der Waals surface area contributed by atoms with Gasteiger partial charge in [0.25, 0.3) is 0 Å². The van der Waals surface area contributed by atoms with Gasteiger partial charge in [-0.25, -0.2) is 0 Å². The van der Waals surface area contributed by atoms with Crippen LogP contribution in [0.15, 0.2) is 54.9 Å². The second-order valence-corrected chi connectivity index (χ2v) is 5.41. The van der Waals surface area contributed by atoms with Crippen molar-refractivity contribution in [3.05, 3.63) is 70.5 Å². The zero-order valence-corrected chi connectivity index (χ0v) is 12.1. The van der Waals surface area contributed by atoms with Gasteiger partial charge < -0.3 is 5.32 Å². The number of pyridine rings is 1. The van der Waals surface area contributed by atoms with Crippen LogP contribution in [-0.2, 0) is 6.54 Å². The molecule has 0 amide bonds. The van der Waals surface area contributed by atoms with Gasteiger partial charge >= 0.3 is 0 Å². The zero-order chi connectivity index (χ0) is 13.9. The van der Waals surface area contributed by atoms with Crippen LogP contribution in [0.25, 0.3) is 10.8 Å². The minimum atomic E-state index is 0.649. The Hall–Kier alpha value is -1.77. The molecule has 20 heavy (non-hydrogen) atoms. The lowest BCUT2D eigenvalue weighted by Crippen LogP contribution is -2.00. The largest absolute Gasteiger partial charge is 0.380 e. The molecule has 0 atom stereocenters. The third-order valence-electron chi connectivity index (χ3n) is 3.09. The van der Waals surface area contributed by atoms with Crippen LogP contribution in [0.4, 0.5) is 5.69 Å². The quantitative estimate of drug-likeness (QED) is 0.723. The fraction of sp³-hybridized carbons (Fsp3) is 0.0625. The molecule has 0 bridgehead atoms. The molecule has 2 aromatic carbocycles. The second kappa shape index (κ2) is 5.70. The van der Waals surface area contributed by atoms with E-state index in [-0.39, 0.29) is 0 Å². The van der Waals surface area contributed by atoms with Gasteiger partial charge in [-0.15, -0.1) is 0 Å². The monoisotopic (exact) mass is 302 g/mol. The van der Waals surface area contributed by atoms with Crippen LogP contribution < -0.4 is 5.32 Å². The number of hydrogen-bond acceptors (Lipinski definition) is 2. The molecule has 0 saturated heterocycles. The SMILES string of the molecule is Clc1cc(Cl)cc(CNc2cccc3cnccc23)c1. The number of benzene rings is 2. The highest BCUT2D eigenvalue weighted by Crippen LogP contribution is 2.24. The zero-order valence-electron chi connectivity index (χ0n) is 10.6. The number of nitrogens with one attached hydrogen (secondary N) is 1. The molecule has 3 rings (SSSR count). The van der Waals surface area contributed by atoms with E-state index in [4.69, 9.17) is 23.2 Å². The maximum atomic E-state index is 6.01. The molecule has 1 heterocycles. The van der Waals surface area contributed by atoms with Gasteiger partial charge in [-0.2, -0.15) is 0 Å². The summed E-state index contributed by atoms with van der Waals surface area (Å²) >= 11 is 12.0. The van der Waals surface area contributed by atoms with Crippen LogP contribution in [0, 0.1) is 0 Å². The van der Waals surface area contributed by atoms with E-state index < -0.39 is 0 Å². The summed E-state index contributed by atoms with van der Waals surface area (Å²) in [6.07, 6.45) is 3.65. The Morgan fingerprint density at radius 3 is 2.60 bits per heavy atom. The molecule has 1 aromatic heterocycles. The van der Waals surface area contributed by atoms with E-state index in [1.807, 2.05) is 36.5 Å². The molecule has 0 aliphatic carbocycles. The standard InChI is InChI=1S/C16H12Cl2N2/c17-13-6-11(7-14(18)8-13)9-20-16-3-1-2-12-10-19-5-4-15(12)16/h1-8,10,20H,9H2. The number of rotatable bonds is 3. The average Bonchev–Trinajstić information content (AvgIpc) is 2.44. The number of hydrogen-bond donors (Lipinski definition) is 1. The van der Waals surface area contributed by atoms with Gasteiger partial charge in [0.15, 0.2) is 0 Å². The van der Waals surface area contributed by atoms with E-state index in [0.717, 1.165) is 22.0 Å². The first kappa shape index (κ1) is 13.2. The van der Waals surface area contributed by atoms with Crippen LogP contribution >= 0.6 is 23.2 Å². The van der Waals surface area contributed by atoms with Crippen LogP contribution in [-0.4, -0.2) is 4.98 Å². The van der Waals surface area contributed by atoms with Gasteiger partial charge in [0.1, 0.15) is 0 Å². The fourth-order valence-corrected chi connectivity index (χ4v) is 2.76. The molecule has 0 saturated carbocycles. The van der Waals surface area contributed by atoms with Crippen molar-refractivity contribution in [3.63, 3.8) is 0 Å². The van der Waals surface area contributed by atoms with Gasteiger partial charge in [0.05, 0.1) is 0 Å². The van der Waals surface area contributed by atoms with Crippen LogP contribution in [0.3, 0.4) is 0 Å². The van der Waals surface area contributed by atoms with Gasteiger partial charge in [-0.1, -0.05) is 35.3 Å². The Bertz CT molecular complexity index is 731. The average molecular weight is 303 g/mol. The van der Waals surface area contributed by atoms with Crippen molar-refractivity contribution in [1.82, 2.24) is 4.98 Å². The predicted octanol–water partition coefficient (Wildman–Crippen LogP) is 5.15. The lowest BCUT2D eigenvalue weighted by atomic mass is 10.1. The summed E-state index contributed by atoms with van der Waals surface area (Å²) in [5, 5.41) is 6.97. The van der Waals surface area contributed by atoms with Gasteiger partial charge in [0.2, 0.25) is 0 Å². The summed E-state index contributed by atoms with van der Waals surface area (Å²) in [5.41, 5.74) is 2.12. The van der Waals surface area contributed by atoms with Gasteiger partial charge in [-0.3, -0.25) is 4.98 Å². The van der Waals surface area contributed by atoms with Crippen molar-refractivity contribution in [1.29, 1.82) is 0 Å². The summed E-state index contributed by atoms with van der Waals surface area (Å²) in [6, 6.07) is 13.7. The number of nitrogens with zero attached hydrogens (tertiary/aromatic N) is 1. The van der Waals surface area contributed by atoms with Crippen molar-refractivity contribution in [3.8, 4) is 0 Å². The van der Waals surface area contributed by atoms with Crippen LogP contribution in [0.1, 0.15) is 5.56 Å².